The van der Waals surface area contributed by atoms with E-state index in [0.29, 0.717) is 35.6 Å². The number of Topliss-reactive ketones (excluding diaryl/α,β-unsaturated/α-hetero) is 1. The topological polar surface area (TPSA) is 120 Å². The van der Waals surface area contributed by atoms with Crippen molar-refractivity contribution in [2.45, 2.75) is 24.7 Å². The summed E-state index contributed by atoms with van der Waals surface area (Å²) in [7, 11) is -3.74. The average Bonchev–Trinajstić information content (AvgIpc) is 3.35. The summed E-state index contributed by atoms with van der Waals surface area (Å²) >= 11 is 0. The molecule has 1 aliphatic rings. The lowest BCUT2D eigenvalue weighted by Crippen LogP contribution is -2.41. The highest BCUT2D eigenvalue weighted by Crippen LogP contribution is 2.27. The SMILES string of the molecule is CC(=O)c1cccc(S(=O)(=O)N2CCC(C(=O)Oc3ccc(-c4nnco4)cc3)CC2)c1. The zero-order valence-corrected chi connectivity index (χ0v) is 18.1. The van der Waals surface area contributed by atoms with Gasteiger partial charge in [0.25, 0.3) is 0 Å². The molecule has 3 aromatic rings. The Morgan fingerprint density at radius 2 is 1.81 bits per heavy atom. The Balaban J connectivity index is 1.36. The molecule has 1 aliphatic heterocycles. The molecule has 0 unspecified atom stereocenters. The summed E-state index contributed by atoms with van der Waals surface area (Å²) in [5, 5.41) is 7.44. The Bertz CT molecular complexity index is 1210. The molecule has 166 valence electrons. The highest BCUT2D eigenvalue weighted by Gasteiger charge is 2.33. The Hall–Kier alpha value is -3.37. The maximum absolute atomic E-state index is 12.9. The number of benzene rings is 2. The van der Waals surface area contributed by atoms with Crippen LogP contribution in [0.4, 0.5) is 0 Å². The van der Waals surface area contributed by atoms with Gasteiger partial charge in [-0.15, -0.1) is 10.2 Å². The third-order valence-electron chi connectivity index (χ3n) is 5.35. The van der Waals surface area contributed by atoms with E-state index in [2.05, 4.69) is 10.2 Å². The number of hydrogen-bond acceptors (Lipinski definition) is 8. The molecular formula is C22H21N3O6S. The summed E-state index contributed by atoms with van der Waals surface area (Å²) < 4.78 is 37.8. The van der Waals surface area contributed by atoms with E-state index < -0.39 is 21.9 Å². The van der Waals surface area contributed by atoms with Crippen LogP contribution in [0.15, 0.2) is 64.2 Å². The van der Waals surface area contributed by atoms with E-state index in [0.717, 1.165) is 0 Å². The fourth-order valence-electron chi connectivity index (χ4n) is 3.52. The van der Waals surface area contributed by atoms with Gasteiger partial charge in [-0.05, 0) is 56.2 Å². The molecular weight excluding hydrogens is 434 g/mol. The van der Waals surface area contributed by atoms with Gasteiger partial charge in [-0.1, -0.05) is 12.1 Å². The molecule has 0 radical (unpaired) electrons. The van der Waals surface area contributed by atoms with Gasteiger partial charge in [-0.3, -0.25) is 9.59 Å². The van der Waals surface area contributed by atoms with Crippen molar-refractivity contribution < 1.29 is 27.2 Å². The van der Waals surface area contributed by atoms with Crippen molar-refractivity contribution in [1.29, 1.82) is 0 Å². The zero-order chi connectivity index (χ0) is 22.7. The second kappa shape index (κ2) is 9.01. The lowest BCUT2D eigenvalue weighted by Gasteiger charge is -2.30. The highest BCUT2D eigenvalue weighted by atomic mass is 32.2. The van der Waals surface area contributed by atoms with Gasteiger partial charge < -0.3 is 9.15 Å². The number of ketones is 1. The monoisotopic (exact) mass is 455 g/mol. The van der Waals surface area contributed by atoms with Crippen molar-refractivity contribution in [2.24, 2.45) is 5.92 Å². The van der Waals surface area contributed by atoms with Crippen molar-refractivity contribution in [3.8, 4) is 17.2 Å². The number of rotatable bonds is 6. The number of piperidine rings is 1. The third-order valence-corrected chi connectivity index (χ3v) is 7.24. The van der Waals surface area contributed by atoms with Crippen LogP contribution in [-0.2, 0) is 14.8 Å². The van der Waals surface area contributed by atoms with Crippen LogP contribution in [0.3, 0.4) is 0 Å². The standard InChI is InChI=1S/C22H21N3O6S/c1-15(26)18-3-2-4-20(13-18)32(28,29)25-11-9-17(10-12-25)22(27)31-19-7-5-16(6-8-19)21-24-23-14-30-21/h2-8,13-14,17H,9-12H2,1H3. The lowest BCUT2D eigenvalue weighted by atomic mass is 9.98. The van der Waals surface area contributed by atoms with Gasteiger partial charge in [-0.2, -0.15) is 4.31 Å². The molecule has 9 nitrogen and oxygen atoms in total. The minimum absolute atomic E-state index is 0.0764. The first-order valence-corrected chi connectivity index (χ1v) is 11.5. The Kier molecular flexibility index (Phi) is 6.15. The molecule has 32 heavy (non-hydrogen) atoms. The zero-order valence-electron chi connectivity index (χ0n) is 17.3. The summed E-state index contributed by atoms with van der Waals surface area (Å²) in [6, 6.07) is 12.7. The van der Waals surface area contributed by atoms with Crippen LogP contribution in [0.25, 0.3) is 11.5 Å². The molecule has 0 saturated carbocycles. The number of nitrogens with zero attached hydrogens (tertiary/aromatic N) is 3. The Morgan fingerprint density at radius 1 is 1.09 bits per heavy atom. The van der Waals surface area contributed by atoms with Gasteiger partial charge in [-0.25, -0.2) is 8.42 Å². The van der Waals surface area contributed by atoms with Crippen LogP contribution in [0, 0.1) is 5.92 Å². The summed E-state index contributed by atoms with van der Waals surface area (Å²) in [4.78, 5) is 24.2. The first kappa shape index (κ1) is 21.8. The first-order valence-electron chi connectivity index (χ1n) is 10.0. The molecule has 0 N–H and O–H groups in total. The van der Waals surface area contributed by atoms with Crippen molar-refractivity contribution in [1.82, 2.24) is 14.5 Å². The molecule has 0 amide bonds. The fraction of sp³-hybridized carbons (Fsp3) is 0.273. The fourth-order valence-corrected chi connectivity index (χ4v) is 5.04. The normalized spacial score (nSPS) is 15.4. The van der Waals surface area contributed by atoms with Crippen LogP contribution in [-0.4, -0.2) is 47.8 Å². The van der Waals surface area contributed by atoms with Crippen LogP contribution in [0.1, 0.15) is 30.1 Å². The molecule has 10 heteroatoms. The molecule has 2 aromatic carbocycles. The Morgan fingerprint density at radius 3 is 2.44 bits per heavy atom. The van der Waals surface area contributed by atoms with Crippen molar-refractivity contribution >= 4 is 21.8 Å². The predicted molar refractivity (Wildman–Crippen MR) is 113 cm³/mol. The number of aromatic nitrogens is 2. The van der Waals surface area contributed by atoms with E-state index in [-0.39, 0.29) is 23.8 Å². The molecule has 0 bridgehead atoms. The Labute approximate surface area is 185 Å². The number of ether oxygens (including phenoxy) is 1. The molecule has 1 saturated heterocycles. The lowest BCUT2D eigenvalue weighted by molar-refractivity contribution is -0.140. The first-order chi connectivity index (χ1) is 15.3. The second-order valence-corrected chi connectivity index (χ2v) is 9.39. The van der Waals surface area contributed by atoms with Crippen LogP contribution >= 0.6 is 0 Å². The van der Waals surface area contributed by atoms with E-state index in [1.807, 2.05) is 0 Å². The number of esters is 1. The molecule has 4 rings (SSSR count). The minimum atomic E-state index is -3.74. The van der Waals surface area contributed by atoms with Gasteiger partial charge >= 0.3 is 5.97 Å². The quantitative estimate of drug-likeness (QED) is 0.316. The van der Waals surface area contributed by atoms with Crippen molar-refractivity contribution in [3.05, 3.63) is 60.5 Å². The largest absolute Gasteiger partial charge is 0.426 e. The number of sulfonamides is 1. The summed E-state index contributed by atoms with van der Waals surface area (Å²) in [6.07, 6.45) is 1.94. The molecule has 1 aromatic heterocycles. The molecule has 0 spiro atoms. The van der Waals surface area contributed by atoms with E-state index in [4.69, 9.17) is 9.15 Å². The van der Waals surface area contributed by atoms with Crippen LogP contribution in [0.5, 0.6) is 5.75 Å². The van der Waals surface area contributed by atoms with Crippen molar-refractivity contribution in [2.75, 3.05) is 13.1 Å². The van der Waals surface area contributed by atoms with Crippen LogP contribution in [0.2, 0.25) is 0 Å². The molecule has 2 heterocycles. The maximum Gasteiger partial charge on any atom is 0.314 e. The number of carbonyl (C=O) groups excluding carboxylic acids is 2. The van der Waals surface area contributed by atoms with Gasteiger partial charge in [0.05, 0.1) is 10.8 Å². The summed E-state index contributed by atoms with van der Waals surface area (Å²) in [5.74, 6) is -0.250. The summed E-state index contributed by atoms with van der Waals surface area (Å²) in [5.41, 5.74) is 1.05. The van der Waals surface area contributed by atoms with E-state index in [9.17, 15) is 18.0 Å². The van der Waals surface area contributed by atoms with Gasteiger partial charge in [0.1, 0.15) is 5.75 Å². The highest BCUT2D eigenvalue weighted by molar-refractivity contribution is 7.89. The second-order valence-electron chi connectivity index (χ2n) is 7.45. The van der Waals surface area contributed by atoms with Crippen LogP contribution < -0.4 is 4.74 Å². The predicted octanol–water partition coefficient (Wildman–Crippen LogP) is 2.95. The number of hydrogen-bond donors (Lipinski definition) is 0. The van der Waals surface area contributed by atoms with E-state index in [1.165, 1.54) is 29.8 Å². The van der Waals surface area contributed by atoms with Crippen molar-refractivity contribution in [3.63, 3.8) is 0 Å². The van der Waals surface area contributed by atoms with E-state index in [1.54, 1.807) is 36.4 Å². The van der Waals surface area contributed by atoms with Gasteiger partial charge in [0.2, 0.25) is 22.3 Å². The molecule has 1 fully saturated rings. The van der Waals surface area contributed by atoms with E-state index >= 15 is 0 Å². The maximum atomic E-state index is 12.9. The third kappa shape index (κ3) is 4.61. The number of carbonyl (C=O) groups is 2. The van der Waals surface area contributed by atoms with Gasteiger partial charge in [0, 0.05) is 24.2 Å². The average molecular weight is 455 g/mol. The minimum Gasteiger partial charge on any atom is -0.426 e. The smallest absolute Gasteiger partial charge is 0.314 e. The van der Waals surface area contributed by atoms with Gasteiger partial charge in [0.15, 0.2) is 5.78 Å². The molecule has 0 aliphatic carbocycles. The molecule has 0 atom stereocenters. The summed E-state index contributed by atoms with van der Waals surface area (Å²) in [6.45, 7) is 1.78.